The van der Waals surface area contributed by atoms with Crippen LogP contribution in [-0.2, 0) is 0 Å². The maximum atomic E-state index is 9.02. The summed E-state index contributed by atoms with van der Waals surface area (Å²) in [5.41, 5.74) is 6.44. The quantitative estimate of drug-likeness (QED) is 0.590. The van der Waals surface area contributed by atoms with Crippen molar-refractivity contribution in [3.63, 3.8) is 0 Å². The summed E-state index contributed by atoms with van der Waals surface area (Å²) < 4.78 is 4.98. The minimum Gasteiger partial charge on any atom is -0.508 e. The van der Waals surface area contributed by atoms with E-state index < -0.39 is 0 Å². The molecule has 2 aromatic rings. The number of nitrogens with zero attached hydrogens (tertiary/aromatic N) is 1. The highest BCUT2D eigenvalue weighted by Gasteiger charge is 2.01. The standard InChI is InChI=1S/C7H6N2O2/c8-7-9-5-3-4(10)1-2-6(5)11-7/h1-3,10H,(H2,8,9). The van der Waals surface area contributed by atoms with Gasteiger partial charge in [-0.05, 0) is 12.1 Å². The summed E-state index contributed by atoms with van der Waals surface area (Å²) in [7, 11) is 0. The fourth-order valence-electron chi connectivity index (χ4n) is 0.934. The van der Waals surface area contributed by atoms with E-state index in [4.69, 9.17) is 15.3 Å². The second-order valence-electron chi connectivity index (χ2n) is 2.20. The smallest absolute Gasteiger partial charge is 0.292 e. The first-order chi connectivity index (χ1) is 5.25. The van der Waals surface area contributed by atoms with Crippen molar-refractivity contribution in [3.05, 3.63) is 18.2 Å². The predicted molar refractivity (Wildman–Crippen MR) is 40.1 cm³/mol. The van der Waals surface area contributed by atoms with Crippen LogP contribution < -0.4 is 5.73 Å². The Bertz CT molecular complexity index is 394. The maximum absolute atomic E-state index is 9.02. The lowest BCUT2D eigenvalue weighted by Crippen LogP contribution is -1.80. The van der Waals surface area contributed by atoms with Crippen molar-refractivity contribution in [1.82, 2.24) is 4.98 Å². The SMILES string of the molecule is Nc1nc2cc(O)ccc2o1. The minimum atomic E-state index is 0.116. The molecule has 0 saturated heterocycles. The average Bonchev–Trinajstić information content (AvgIpc) is 2.27. The number of fused-ring (bicyclic) bond motifs is 1. The van der Waals surface area contributed by atoms with Crippen LogP contribution in [0.5, 0.6) is 5.75 Å². The highest BCUT2D eigenvalue weighted by molar-refractivity contribution is 5.75. The molecule has 0 aliphatic rings. The number of phenols is 1. The van der Waals surface area contributed by atoms with E-state index in [9.17, 15) is 0 Å². The normalized spacial score (nSPS) is 10.5. The molecule has 0 unspecified atom stereocenters. The molecule has 0 fully saturated rings. The van der Waals surface area contributed by atoms with Gasteiger partial charge in [0.15, 0.2) is 5.58 Å². The highest BCUT2D eigenvalue weighted by atomic mass is 16.4. The molecule has 0 radical (unpaired) electrons. The third-order valence-electron chi connectivity index (χ3n) is 1.39. The van der Waals surface area contributed by atoms with Crippen molar-refractivity contribution in [1.29, 1.82) is 0 Å². The number of phenolic OH excluding ortho intramolecular Hbond substituents is 1. The maximum Gasteiger partial charge on any atom is 0.292 e. The number of rotatable bonds is 0. The number of hydrogen-bond donors (Lipinski definition) is 2. The number of nitrogen functional groups attached to an aromatic ring is 1. The van der Waals surface area contributed by atoms with Crippen molar-refractivity contribution in [2.45, 2.75) is 0 Å². The molecule has 1 heterocycles. The molecule has 0 aliphatic carbocycles. The Labute approximate surface area is 62.3 Å². The summed E-state index contributed by atoms with van der Waals surface area (Å²) in [4.78, 5) is 3.83. The van der Waals surface area contributed by atoms with Crippen molar-refractivity contribution >= 4 is 17.1 Å². The van der Waals surface area contributed by atoms with Crippen LogP contribution in [-0.4, -0.2) is 10.1 Å². The van der Waals surface area contributed by atoms with E-state index in [1.165, 1.54) is 12.1 Å². The van der Waals surface area contributed by atoms with Gasteiger partial charge in [-0.25, -0.2) is 0 Å². The van der Waals surface area contributed by atoms with Gasteiger partial charge in [-0.15, -0.1) is 0 Å². The van der Waals surface area contributed by atoms with Gasteiger partial charge in [0, 0.05) is 6.07 Å². The van der Waals surface area contributed by atoms with Crippen LogP contribution in [0.2, 0.25) is 0 Å². The molecule has 1 aromatic carbocycles. The number of anilines is 1. The number of hydrogen-bond acceptors (Lipinski definition) is 4. The monoisotopic (exact) mass is 150 g/mol. The zero-order valence-electron chi connectivity index (χ0n) is 5.61. The fraction of sp³-hybridized carbons (Fsp3) is 0. The van der Waals surface area contributed by atoms with Crippen molar-refractivity contribution in [2.24, 2.45) is 0 Å². The lowest BCUT2D eigenvalue weighted by molar-refractivity contribution is 0.476. The summed E-state index contributed by atoms with van der Waals surface area (Å²) >= 11 is 0. The summed E-state index contributed by atoms with van der Waals surface area (Å²) in [5.74, 6) is 0.158. The van der Waals surface area contributed by atoms with Crippen LogP contribution >= 0.6 is 0 Å². The first-order valence-corrected chi connectivity index (χ1v) is 3.11. The van der Waals surface area contributed by atoms with E-state index in [0.29, 0.717) is 11.1 Å². The van der Waals surface area contributed by atoms with Gasteiger partial charge in [-0.3, -0.25) is 0 Å². The Morgan fingerprint density at radius 2 is 2.27 bits per heavy atom. The summed E-state index contributed by atoms with van der Waals surface area (Å²) in [6.07, 6.45) is 0. The Morgan fingerprint density at radius 1 is 1.45 bits per heavy atom. The van der Waals surface area contributed by atoms with E-state index >= 15 is 0 Å². The second-order valence-corrected chi connectivity index (χ2v) is 2.20. The second kappa shape index (κ2) is 1.88. The number of nitrogens with two attached hydrogens (primary N) is 1. The van der Waals surface area contributed by atoms with Gasteiger partial charge in [-0.2, -0.15) is 4.98 Å². The van der Waals surface area contributed by atoms with Crippen molar-refractivity contribution in [2.75, 3.05) is 5.73 Å². The van der Waals surface area contributed by atoms with Crippen LogP contribution in [0.3, 0.4) is 0 Å². The first-order valence-electron chi connectivity index (χ1n) is 3.11. The average molecular weight is 150 g/mol. The molecule has 0 bridgehead atoms. The molecule has 4 heteroatoms. The zero-order valence-corrected chi connectivity index (χ0v) is 5.61. The van der Waals surface area contributed by atoms with E-state index in [0.717, 1.165) is 0 Å². The summed E-state index contributed by atoms with van der Waals surface area (Å²) in [6.45, 7) is 0. The van der Waals surface area contributed by atoms with Gasteiger partial charge in [-0.1, -0.05) is 0 Å². The molecule has 2 rings (SSSR count). The molecule has 4 nitrogen and oxygen atoms in total. The molecule has 1 aromatic heterocycles. The van der Waals surface area contributed by atoms with Gasteiger partial charge >= 0.3 is 0 Å². The van der Waals surface area contributed by atoms with Gasteiger partial charge in [0.2, 0.25) is 0 Å². The molecule has 0 atom stereocenters. The predicted octanol–water partition coefficient (Wildman–Crippen LogP) is 1.12. The lowest BCUT2D eigenvalue weighted by atomic mass is 10.3. The minimum absolute atomic E-state index is 0.116. The van der Waals surface area contributed by atoms with Crippen molar-refractivity contribution in [3.8, 4) is 5.75 Å². The Morgan fingerprint density at radius 3 is 3.09 bits per heavy atom. The number of aromatic nitrogens is 1. The number of aromatic hydroxyl groups is 1. The topological polar surface area (TPSA) is 72.3 Å². The largest absolute Gasteiger partial charge is 0.508 e. The molecule has 0 spiro atoms. The van der Waals surface area contributed by atoms with E-state index in [1.54, 1.807) is 6.07 Å². The Balaban J connectivity index is 2.82. The van der Waals surface area contributed by atoms with Crippen LogP contribution in [0.15, 0.2) is 22.6 Å². The molecular weight excluding hydrogens is 144 g/mol. The van der Waals surface area contributed by atoms with Gasteiger partial charge in [0.05, 0.1) is 0 Å². The summed E-state index contributed by atoms with van der Waals surface area (Å²) in [5, 5.41) is 9.02. The van der Waals surface area contributed by atoms with Gasteiger partial charge in [0.25, 0.3) is 6.01 Å². The molecule has 0 aliphatic heterocycles. The fourth-order valence-corrected chi connectivity index (χ4v) is 0.934. The Hall–Kier alpha value is -1.71. The van der Waals surface area contributed by atoms with Crippen LogP contribution in [0.4, 0.5) is 6.01 Å². The molecule has 0 saturated carbocycles. The first kappa shape index (κ1) is 6.03. The van der Waals surface area contributed by atoms with Crippen LogP contribution in [0, 0.1) is 0 Å². The molecular formula is C7H6N2O2. The third kappa shape index (κ3) is 0.881. The molecule has 0 amide bonds. The van der Waals surface area contributed by atoms with Gasteiger partial charge in [0.1, 0.15) is 11.3 Å². The molecule has 3 N–H and O–H groups in total. The van der Waals surface area contributed by atoms with E-state index in [2.05, 4.69) is 4.98 Å². The lowest BCUT2D eigenvalue weighted by Gasteiger charge is -1.86. The molecule has 56 valence electrons. The van der Waals surface area contributed by atoms with Crippen LogP contribution in [0.1, 0.15) is 0 Å². The third-order valence-corrected chi connectivity index (χ3v) is 1.39. The van der Waals surface area contributed by atoms with Crippen LogP contribution in [0.25, 0.3) is 11.1 Å². The number of benzene rings is 1. The van der Waals surface area contributed by atoms with E-state index in [-0.39, 0.29) is 11.8 Å². The van der Waals surface area contributed by atoms with Gasteiger partial charge < -0.3 is 15.3 Å². The Kier molecular flexibility index (Phi) is 1.03. The molecule has 11 heavy (non-hydrogen) atoms. The van der Waals surface area contributed by atoms with E-state index in [1.807, 2.05) is 0 Å². The summed E-state index contributed by atoms with van der Waals surface area (Å²) in [6, 6.07) is 4.75. The zero-order chi connectivity index (χ0) is 7.84. The highest BCUT2D eigenvalue weighted by Crippen LogP contribution is 2.20. The van der Waals surface area contributed by atoms with Crippen molar-refractivity contribution < 1.29 is 9.52 Å². The number of oxazole rings is 1.